The van der Waals surface area contributed by atoms with Crippen LogP contribution in [0.5, 0.6) is 0 Å². The Morgan fingerprint density at radius 2 is 1.46 bits per heavy atom. The highest BCUT2D eigenvalue weighted by molar-refractivity contribution is 5.90. The van der Waals surface area contributed by atoms with Crippen LogP contribution < -0.4 is 0 Å². The zero-order valence-electron chi connectivity index (χ0n) is 16.2. The second-order valence-corrected chi connectivity index (χ2v) is 6.85. The number of methoxy groups -OCH3 is 1. The monoisotopic (exact) mass is 384 g/mol. The predicted octanol–water partition coefficient (Wildman–Crippen LogP) is 3.45. The van der Waals surface area contributed by atoms with Crippen molar-refractivity contribution in [1.82, 2.24) is 0 Å². The van der Waals surface area contributed by atoms with E-state index in [4.69, 9.17) is 18.9 Å². The molecule has 148 valence electrons. The fourth-order valence-corrected chi connectivity index (χ4v) is 2.93. The highest BCUT2D eigenvalue weighted by atomic mass is 16.7. The topological polar surface area (TPSA) is 71.1 Å². The number of rotatable bonds is 6. The minimum absolute atomic E-state index is 0.0294. The van der Waals surface area contributed by atoms with Crippen LogP contribution in [0.3, 0.4) is 0 Å². The van der Waals surface area contributed by atoms with Crippen molar-refractivity contribution in [3.05, 3.63) is 70.8 Å². The molecule has 0 radical (unpaired) electrons. The van der Waals surface area contributed by atoms with Gasteiger partial charge in [0.05, 0.1) is 11.1 Å². The van der Waals surface area contributed by atoms with Gasteiger partial charge in [-0.05, 0) is 38.1 Å². The van der Waals surface area contributed by atoms with E-state index in [1.807, 2.05) is 38.1 Å². The minimum Gasteiger partial charge on any atom is -0.459 e. The standard InChI is InChI=1S/C22H24O6/c1-14-4-8-16(9-5-14)21(23)26-13-19-18(12-20(25-3)27-19)28-22(24)17-10-6-15(2)7-11-17/h4-11,18-20H,12-13H2,1-3H3/t18-,19+,20-/m1/s1. The third-order valence-electron chi connectivity index (χ3n) is 4.64. The molecule has 0 bridgehead atoms. The van der Waals surface area contributed by atoms with Crippen LogP contribution in [0.2, 0.25) is 0 Å². The molecular weight excluding hydrogens is 360 g/mol. The number of ether oxygens (including phenoxy) is 4. The highest BCUT2D eigenvalue weighted by Crippen LogP contribution is 2.25. The van der Waals surface area contributed by atoms with Gasteiger partial charge in [-0.3, -0.25) is 0 Å². The summed E-state index contributed by atoms with van der Waals surface area (Å²) in [6.07, 6.45) is -1.29. The van der Waals surface area contributed by atoms with E-state index < -0.39 is 30.4 Å². The maximum absolute atomic E-state index is 12.4. The number of carbonyl (C=O) groups is 2. The first-order chi connectivity index (χ1) is 13.5. The van der Waals surface area contributed by atoms with Crippen molar-refractivity contribution in [3.63, 3.8) is 0 Å². The average molecular weight is 384 g/mol. The van der Waals surface area contributed by atoms with Gasteiger partial charge in [0.2, 0.25) is 0 Å². The van der Waals surface area contributed by atoms with Crippen LogP contribution in [0.4, 0.5) is 0 Å². The molecule has 0 spiro atoms. The third-order valence-corrected chi connectivity index (χ3v) is 4.64. The van der Waals surface area contributed by atoms with Gasteiger partial charge in [-0.15, -0.1) is 0 Å². The molecule has 1 fully saturated rings. The Hall–Kier alpha value is -2.70. The van der Waals surface area contributed by atoms with Crippen LogP contribution in [0.15, 0.2) is 48.5 Å². The number of esters is 2. The lowest BCUT2D eigenvalue weighted by Gasteiger charge is -2.19. The van der Waals surface area contributed by atoms with Gasteiger partial charge < -0.3 is 18.9 Å². The molecule has 0 unspecified atom stereocenters. The summed E-state index contributed by atoms with van der Waals surface area (Å²) in [6, 6.07) is 14.2. The summed E-state index contributed by atoms with van der Waals surface area (Å²) in [4.78, 5) is 24.6. The number of hydrogen-bond donors (Lipinski definition) is 0. The van der Waals surface area contributed by atoms with Gasteiger partial charge in [-0.2, -0.15) is 0 Å². The maximum atomic E-state index is 12.4. The van der Waals surface area contributed by atoms with Gasteiger partial charge in [0.15, 0.2) is 6.29 Å². The quantitative estimate of drug-likeness (QED) is 0.711. The van der Waals surface area contributed by atoms with Crippen LogP contribution in [0.1, 0.15) is 38.3 Å². The molecule has 1 aliphatic rings. The number of hydrogen-bond acceptors (Lipinski definition) is 6. The van der Waals surface area contributed by atoms with Crippen molar-refractivity contribution in [2.75, 3.05) is 13.7 Å². The Balaban J connectivity index is 1.61. The van der Waals surface area contributed by atoms with Crippen molar-refractivity contribution >= 4 is 11.9 Å². The van der Waals surface area contributed by atoms with Gasteiger partial charge in [0.1, 0.15) is 18.8 Å². The normalized spacial score (nSPS) is 21.3. The SMILES string of the molecule is CO[C@H]1C[C@@H](OC(=O)c2ccc(C)cc2)[C@H](COC(=O)c2ccc(C)cc2)O1. The van der Waals surface area contributed by atoms with E-state index in [-0.39, 0.29) is 6.61 Å². The van der Waals surface area contributed by atoms with Crippen LogP contribution in [-0.4, -0.2) is 44.2 Å². The largest absolute Gasteiger partial charge is 0.459 e. The Morgan fingerprint density at radius 3 is 2.00 bits per heavy atom. The first kappa shape index (κ1) is 20.0. The predicted molar refractivity (Wildman–Crippen MR) is 102 cm³/mol. The molecule has 0 aliphatic carbocycles. The summed E-state index contributed by atoms with van der Waals surface area (Å²) in [5, 5.41) is 0. The van der Waals surface area contributed by atoms with E-state index in [0.717, 1.165) is 11.1 Å². The zero-order chi connectivity index (χ0) is 20.1. The Morgan fingerprint density at radius 1 is 0.929 bits per heavy atom. The van der Waals surface area contributed by atoms with E-state index in [0.29, 0.717) is 17.5 Å². The Kier molecular flexibility index (Phi) is 6.44. The lowest BCUT2D eigenvalue weighted by Crippen LogP contribution is -2.32. The molecular formula is C22H24O6. The smallest absolute Gasteiger partial charge is 0.338 e. The molecule has 0 N–H and O–H groups in total. The summed E-state index contributed by atoms with van der Waals surface area (Å²) in [7, 11) is 1.52. The summed E-state index contributed by atoms with van der Waals surface area (Å²) >= 11 is 0. The first-order valence-corrected chi connectivity index (χ1v) is 9.16. The van der Waals surface area contributed by atoms with Crippen molar-refractivity contribution < 1.29 is 28.5 Å². The van der Waals surface area contributed by atoms with Crippen LogP contribution in [-0.2, 0) is 18.9 Å². The van der Waals surface area contributed by atoms with Crippen LogP contribution in [0.25, 0.3) is 0 Å². The van der Waals surface area contributed by atoms with Gasteiger partial charge in [0.25, 0.3) is 0 Å². The van der Waals surface area contributed by atoms with E-state index >= 15 is 0 Å². The maximum Gasteiger partial charge on any atom is 0.338 e. The van der Waals surface area contributed by atoms with E-state index in [9.17, 15) is 9.59 Å². The lowest BCUT2D eigenvalue weighted by atomic mass is 10.1. The van der Waals surface area contributed by atoms with Gasteiger partial charge in [-0.1, -0.05) is 35.4 Å². The molecule has 1 aliphatic heterocycles. The fourth-order valence-electron chi connectivity index (χ4n) is 2.93. The molecule has 3 rings (SSSR count). The van der Waals surface area contributed by atoms with Crippen molar-refractivity contribution in [2.45, 2.75) is 38.8 Å². The second kappa shape index (κ2) is 8.99. The molecule has 6 nitrogen and oxygen atoms in total. The molecule has 0 aromatic heterocycles. The molecule has 1 heterocycles. The summed E-state index contributed by atoms with van der Waals surface area (Å²) in [5.74, 6) is -0.895. The summed E-state index contributed by atoms with van der Waals surface area (Å²) in [5.41, 5.74) is 3.03. The third kappa shape index (κ3) is 4.97. The van der Waals surface area contributed by atoms with Crippen LogP contribution >= 0.6 is 0 Å². The molecule has 28 heavy (non-hydrogen) atoms. The molecule has 1 saturated heterocycles. The zero-order valence-corrected chi connectivity index (χ0v) is 16.2. The first-order valence-electron chi connectivity index (χ1n) is 9.16. The molecule has 0 saturated carbocycles. The molecule has 0 amide bonds. The summed E-state index contributed by atoms with van der Waals surface area (Å²) in [6.45, 7) is 3.86. The highest BCUT2D eigenvalue weighted by Gasteiger charge is 2.39. The van der Waals surface area contributed by atoms with Crippen molar-refractivity contribution in [1.29, 1.82) is 0 Å². The van der Waals surface area contributed by atoms with Crippen LogP contribution in [0, 0.1) is 13.8 Å². The summed E-state index contributed by atoms with van der Waals surface area (Å²) < 4.78 is 21.9. The van der Waals surface area contributed by atoms with E-state index in [1.165, 1.54) is 7.11 Å². The molecule has 3 atom stereocenters. The van der Waals surface area contributed by atoms with Gasteiger partial charge >= 0.3 is 11.9 Å². The van der Waals surface area contributed by atoms with E-state index in [2.05, 4.69) is 0 Å². The number of carbonyl (C=O) groups excluding carboxylic acids is 2. The second-order valence-electron chi connectivity index (χ2n) is 6.85. The van der Waals surface area contributed by atoms with E-state index in [1.54, 1.807) is 24.3 Å². The Bertz CT molecular complexity index is 812. The van der Waals surface area contributed by atoms with Gasteiger partial charge in [0, 0.05) is 13.5 Å². The number of benzene rings is 2. The Labute approximate surface area is 164 Å². The van der Waals surface area contributed by atoms with Crippen molar-refractivity contribution in [2.24, 2.45) is 0 Å². The van der Waals surface area contributed by atoms with Crippen molar-refractivity contribution in [3.8, 4) is 0 Å². The minimum atomic E-state index is -0.589. The lowest BCUT2D eigenvalue weighted by molar-refractivity contribution is -0.128. The molecule has 6 heteroatoms. The molecule has 2 aromatic carbocycles. The average Bonchev–Trinajstić information content (AvgIpc) is 3.09. The number of aryl methyl sites for hydroxylation is 2. The van der Waals surface area contributed by atoms with Gasteiger partial charge in [-0.25, -0.2) is 9.59 Å². The molecule has 2 aromatic rings. The fraction of sp³-hybridized carbons (Fsp3) is 0.364.